The first-order valence-electron chi connectivity index (χ1n) is 6.96. The van der Waals surface area contributed by atoms with E-state index < -0.39 is 0 Å². The van der Waals surface area contributed by atoms with Gasteiger partial charge in [0, 0.05) is 30.5 Å². The largest absolute Gasteiger partial charge is 0.421 e. The number of hydrogen-bond donors (Lipinski definition) is 1. The SMILES string of the molecule is CCCn1cc(Oc2ncc(CNCC)c(C)n2)cn1. The molecule has 0 aliphatic carbocycles. The van der Waals surface area contributed by atoms with Gasteiger partial charge in [0.1, 0.15) is 0 Å². The van der Waals surface area contributed by atoms with Crippen molar-refractivity contribution in [3.05, 3.63) is 29.8 Å². The zero-order valence-corrected chi connectivity index (χ0v) is 12.3. The molecule has 2 aromatic heterocycles. The molecule has 2 heterocycles. The van der Waals surface area contributed by atoms with Gasteiger partial charge in [0.2, 0.25) is 0 Å². The van der Waals surface area contributed by atoms with E-state index >= 15 is 0 Å². The molecule has 0 radical (unpaired) electrons. The smallest absolute Gasteiger partial charge is 0.322 e. The molecule has 0 bridgehead atoms. The maximum atomic E-state index is 5.62. The predicted octanol–water partition coefficient (Wildman–Crippen LogP) is 2.29. The van der Waals surface area contributed by atoms with Crippen molar-refractivity contribution >= 4 is 0 Å². The summed E-state index contributed by atoms with van der Waals surface area (Å²) in [5.41, 5.74) is 2.01. The molecule has 6 heteroatoms. The fourth-order valence-corrected chi connectivity index (χ4v) is 1.81. The summed E-state index contributed by atoms with van der Waals surface area (Å²) >= 11 is 0. The van der Waals surface area contributed by atoms with Crippen molar-refractivity contribution < 1.29 is 4.74 Å². The van der Waals surface area contributed by atoms with Gasteiger partial charge < -0.3 is 10.1 Å². The molecule has 0 fully saturated rings. The van der Waals surface area contributed by atoms with Crippen LogP contribution in [-0.4, -0.2) is 26.3 Å². The van der Waals surface area contributed by atoms with Crippen molar-refractivity contribution in [1.29, 1.82) is 0 Å². The Labute approximate surface area is 119 Å². The maximum Gasteiger partial charge on any atom is 0.322 e. The van der Waals surface area contributed by atoms with Gasteiger partial charge in [-0.25, -0.2) is 4.98 Å². The zero-order chi connectivity index (χ0) is 14.4. The molecule has 0 aliphatic rings. The van der Waals surface area contributed by atoms with Crippen LogP contribution < -0.4 is 10.1 Å². The monoisotopic (exact) mass is 275 g/mol. The van der Waals surface area contributed by atoms with Crippen LogP contribution in [0.15, 0.2) is 18.6 Å². The van der Waals surface area contributed by atoms with E-state index in [9.17, 15) is 0 Å². The molecule has 0 unspecified atom stereocenters. The summed E-state index contributed by atoms with van der Waals surface area (Å²) in [6.07, 6.45) is 6.38. The van der Waals surface area contributed by atoms with Gasteiger partial charge in [0.15, 0.2) is 5.75 Å². The first-order chi connectivity index (χ1) is 9.72. The number of nitrogens with zero attached hydrogens (tertiary/aromatic N) is 4. The normalized spacial score (nSPS) is 10.8. The van der Waals surface area contributed by atoms with Crippen LogP contribution in [0.2, 0.25) is 0 Å². The lowest BCUT2D eigenvalue weighted by atomic mass is 10.2. The second-order valence-corrected chi connectivity index (χ2v) is 4.58. The molecule has 0 atom stereocenters. The van der Waals surface area contributed by atoms with Crippen LogP contribution in [0.4, 0.5) is 0 Å². The molecular weight excluding hydrogens is 254 g/mol. The van der Waals surface area contributed by atoms with Crippen LogP contribution in [0.5, 0.6) is 11.8 Å². The van der Waals surface area contributed by atoms with Crippen LogP contribution in [0.1, 0.15) is 31.5 Å². The summed E-state index contributed by atoms with van der Waals surface area (Å²) in [5, 5.41) is 7.47. The lowest BCUT2D eigenvalue weighted by molar-refractivity contribution is 0.438. The minimum atomic E-state index is 0.360. The Morgan fingerprint density at radius 1 is 1.30 bits per heavy atom. The van der Waals surface area contributed by atoms with Crippen LogP contribution in [0.3, 0.4) is 0 Å². The third-order valence-electron chi connectivity index (χ3n) is 2.90. The minimum Gasteiger partial charge on any atom is -0.421 e. The van der Waals surface area contributed by atoms with Gasteiger partial charge in [-0.3, -0.25) is 4.68 Å². The van der Waals surface area contributed by atoms with Gasteiger partial charge in [-0.05, 0) is 19.9 Å². The Morgan fingerprint density at radius 3 is 2.85 bits per heavy atom. The van der Waals surface area contributed by atoms with Gasteiger partial charge in [0.25, 0.3) is 0 Å². The molecule has 2 rings (SSSR count). The van der Waals surface area contributed by atoms with E-state index in [1.165, 1.54) is 0 Å². The lowest BCUT2D eigenvalue weighted by Gasteiger charge is -2.07. The van der Waals surface area contributed by atoms with E-state index in [4.69, 9.17) is 4.74 Å². The highest BCUT2D eigenvalue weighted by molar-refractivity contribution is 5.21. The highest BCUT2D eigenvalue weighted by Gasteiger charge is 2.06. The number of hydrogen-bond acceptors (Lipinski definition) is 5. The molecule has 0 aromatic carbocycles. The average molecular weight is 275 g/mol. The van der Waals surface area contributed by atoms with E-state index in [1.807, 2.05) is 17.8 Å². The Bertz CT molecular complexity index is 552. The second kappa shape index (κ2) is 7.00. The fraction of sp³-hybridized carbons (Fsp3) is 0.500. The maximum absolute atomic E-state index is 5.62. The van der Waals surface area contributed by atoms with E-state index in [1.54, 1.807) is 12.4 Å². The quantitative estimate of drug-likeness (QED) is 0.840. The van der Waals surface area contributed by atoms with Crippen LogP contribution >= 0.6 is 0 Å². The predicted molar refractivity (Wildman–Crippen MR) is 76.7 cm³/mol. The Kier molecular flexibility index (Phi) is 5.06. The average Bonchev–Trinajstić information content (AvgIpc) is 2.86. The summed E-state index contributed by atoms with van der Waals surface area (Å²) in [4.78, 5) is 8.60. The summed E-state index contributed by atoms with van der Waals surface area (Å²) < 4.78 is 7.47. The zero-order valence-electron chi connectivity index (χ0n) is 12.3. The van der Waals surface area contributed by atoms with E-state index in [0.717, 1.165) is 37.3 Å². The Hall–Kier alpha value is -1.95. The van der Waals surface area contributed by atoms with Gasteiger partial charge in [-0.1, -0.05) is 13.8 Å². The fourth-order valence-electron chi connectivity index (χ4n) is 1.81. The highest BCUT2D eigenvalue weighted by atomic mass is 16.5. The van der Waals surface area contributed by atoms with E-state index in [-0.39, 0.29) is 0 Å². The molecule has 20 heavy (non-hydrogen) atoms. The van der Waals surface area contributed by atoms with Crippen LogP contribution in [0.25, 0.3) is 0 Å². The molecular formula is C14H21N5O. The van der Waals surface area contributed by atoms with Crippen LogP contribution in [0, 0.1) is 6.92 Å². The first-order valence-corrected chi connectivity index (χ1v) is 6.96. The van der Waals surface area contributed by atoms with Gasteiger partial charge in [-0.15, -0.1) is 0 Å². The molecule has 0 saturated heterocycles. The summed E-state index contributed by atoms with van der Waals surface area (Å²) in [6, 6.07) is 0.360. The van der Waals surface area contributed by atoms with E-state index in [2.05, 4.69) is 34.2 Å². The van der Waals surface area contributed by atoms with Crippen molar-refractivity contribution in [2.24, 2.45) is 0 Å². The number of rotatable bonds is 7. The Balaban J connectivity index is 2.03. The van der Waals surface area contributed by atoms with Crippen molar-refractivity contribution in [2.45, 2.75) is 40.3 Å². The molecule has 2 aromatic rings. The lowest BCUT2D eigenvalue weighted by Crippen LogP contribution is -2.13. The molecule has 0 saturated carbocycles. The molecule has 0 amide bonds. The summed E-state index contributed by atoms with van der Waals surface area (Å²) in [5.74, 6) is 0.664. The molecule has 1 N–H and O–H groups in total. The highest BCUT2D eigenvalue weighted by Crippen LogP contribution is 2.17. The second-order valence-electron chi connectivity index (χ2n) is 4.58. The molecule has 0 spiro atoms. The number of nitrogens with one attached hydrogen (secondary N) is 1. The van der Waals surface area contributed by atoms with E-state index in [0.29, 0.717) is 11.8 Å². The van der Waals surface area contributed by atoms with Gasteiger partial charge in [0.05, 0.1) is 12.4 Å². The van der Waals surface area contributed by atoms with Gasteiger partial charge in [-0.2, -0.15) is 10.1 Å². The number of aromatic nitrogens is 4. The third-order valence-corrected chi connectivity index (χ3v) is 2.90. The van der Waals surface area contributed by atoms with Crippen molar-refractivity contribution in [3.8, 4) is 11.8 Å². The Morgan fingerprint density at radius 2 is 2.15 bits per heavy atom. The van der Waals surface area contributed by atoms with Crippen molar-refractivity contribution in [2.75, 3.05) is 6.54 Å². The summed E-state index contributed by atoms with van der Waals surface area (Å²) in [7, 11) is 0. The first kappa shape index (κ1) is 14.5. The third kappa shape index (κ3) is 3.77. The molecule has 6 nitrogen and oxygen atoms in total. The van der Waals surface area contributed by atoms with Crippen molar-refractivity contribution in [1.82, 2.24) is 25.1 Å². The van der Waals surface area contributed by atoms with Crippen molar-refractivity contribution in [3.63, 3.8) is 0 Å². The summed E-state index contributed by atoms with van der Waals surface area (Å²) in [6.45, 7) is 8.72. The molecule has 108 valence electrons. The van der Waals surface area contributed by atoms with Crippen LogP contribution in [-0.2, 0) is 13.1 Å². The standard InChI is InChI=1S/C14H21N5O/c1-4-6-19-10-13(9-17-19)20-14-16-8-12(7-15-5-2)11(3)18-14/h8-10,15H,4-7H2,1-3H3. The topological polar surface area (TPSA) is 64.9 Å². The number of aryl methyl sites for hydroxylation is 2. The number of ether oxygens (including phenoxy) is 1. The molecule has 0 aliphatic heterocycles. The minimum absolute atomic E-state index is 0.360. The van der Waals surface area contributed by atoms with Gasteiger partial charge >= 0.3 is 6.01 Å².